The molecule has 8 heteroatoms. The molecule has 2 aromatic carbocycles. The van der Waals surface area contributed by atoms with Crippen molar-refractivity contribution in [3.8, 4) is 17.1 Å². The molecule has 3 aromatic rings. The Hall–Kier alpha value is -2.67. The Morgan fingerprint density at radius 2 is 1.80 bits per heavy atom. The average Bonchev–Trinajstić information content (AvgIpc) is 2.97. The second-order valence-corrected chi connectivity index (χ2v) is 5.56. The Balaban J connectivity index is 1.98. The van der Waals surface area contributed by atoms with E-state index < -0.39 is 17.8 Å². The number of benzene rings is 2. The lowest BCUT2D eigenvalue weighted by Crippen LogP contribution is -2.21. The highest BCUT2D eigenvalue weighted by molar-refractivity contribution is 6.35. The molecular weight excluding hydrogens is 359 g/mol. The fourth-order valence-electron chi connectivity index (χ4n) is 2.30. The number of alkyl halides is 3. The van der Waals surface area contributed by atoms with Crippen LogP contribution in [-0.4, -0.2) is 13.1 Å². The second kappa shape index (κ2) is 6.33. The van der Waals surface area contributed by atoms with E-state index in [0.29, 0.717) is 22.1 Å². The number of halogens is 4. The molecule has 3 rings (SSSR count). The lowest BCUT2D eigenvalue weighted by Gasteiger charge is -2.08. The van der Waals surface area contributed by atoms with Crippen LogP contribution in [0.2, 0.25) is 5.02 Å². The molecule has 1 amide bonds. The monoisotopic (exact) mass is 369 g/mol. The number of rotatable bonds is 2. The predicted octanol–water partition coefficient (Wildman–Crippen LogP) is 5.49. The normalized spacial score (nSPS) is 11.6. The predicted molar refractivity (Wildman–Crippen MR) is 86.7 cm³/mol. The first-order valence-electron chi connectivity index (χ1n) is 7.08. The minimum Gasteiger partial charge on any atom is -0.424 e. The van der Waals surface area contributed by atoms with Crippen molar-refractivity contribution >= 4 is 28.7 Å². The Kier molecular flexibility index (Phi) is 4.34. The molecule has 0 aliphatic rings. The highest BCUT2D eigenvalue weighted by Gasteiger charge is 2.30. The number of carbonyl (C=O) groups is 1. The zero-order valence-electron chi connectivity index (χ0n) is 12.8. The molecule has 0 unspecified atom stereocenters. The number of fused-ring (bicyclic) bond motifs is 1. The van der Waals surface area contributed by atoms with Crippen LogP contribution in [0.3, 0.4) is 0 Å². The third-order valence-corrected chi connectivity index (χ3v) is 3.77. The van der Waals surface area contributed by atoms with Gasteiger partial charge in [0.25, 0.3) is 5.95 Å². The van der Waals surface area contributed by atoms with E-state index in [1.807, 2.05) is 0 Å². The van der Waals surface area contributed by atoms with Gasteiger partial charge >= 0.3 is 12.3 Å². The van der Waals surface area contributed by atoms with Gasteiger partial charge in [0.05, 0.1) is 10.6 Å². The number of nitrogens with one attached hydrogen (secondary N) is 1. The van der Waals surface area contributed by atoms with Crippen molar-refractivity contribution < 1.29 is 27.1 Å². The van der Waals surface area contributed by atoms with Crippen molar-refractivity contribution in [3.05, 3.63) is 53.1 Å². The van der Waals surface area contributed by atoms with Crippen LogP contribution >= 0.6 is 11.6 Å². The van der Waals surface area contributed by atoms with Crippen LogP contribution in [0.5, 0.6) is 5.95 Å². The molecule has 1 N–H and O–H groups in total. The molecule has 0 radical (unpaired) electrons. The first-order chi connectivity index (χ1) is 11.8. The van der Waals surface area contributed by atoms with E-state index in [2.05, 4.69) is 5.32 Å². The van der Waals surface area contributed by atoms with Crippen LogP contribution in [-0.2, 0) is 6.18 Å². The summed E-state index contributed by atoms with van der Waals surface area (Å²) in [6.07, 6.45) is -5.09. The van der Waals surface area contributed by atoms with Gasteiger partial charge in [0.2, 0.25) is 0 Å². The van der Waals surface area contributed by atoms with Gasteiger partial charge in [0.15, 0.2) is 5.58 Å². The van der Waals surface area contributed by atoms with Gasteiger partial charge in [-0.25, -0.2) is 4.79 Å². The molecule has 4 nitrogen and oxygen atoms in total. The summed E-state index contributed by atoms with van der Waals surface area (Å²) in [4.78, 5) is 11.2. The van der Waals surface area contributed by atoms with Crippen LogP contribution in [0.1, 0.15) is 5.56 Å². The maximum atomic E-state index is 12.7. The third kappa shape index (κ3) is 3.56. The fourth-order valence-corrected chi connectivity index (χ4v) is 2.56. The number of ether oxygens (including phenoxy) is 1. The van der Waals surface area contributed by atoms with E-state index in [-0.39, 0.29) is 11.0 Å². The minimum atomic E-state index is -4.39. The largest absolute Gasteiger partial charge is 0.424 e. The Morgan fingerprint density at radius 1 is 1.12 bits per heavy atom. The van der Waals surface area contributed by atoms with Crippen LogP contribution in [0.4, 0.5) is 18.0 Å². The first-order valence-corrected chi connectivity index (χ1v) is 7.46. The van der Waals surface area contributed by atoms with Gasteiger partial charge in [-0.3, -0.25) is 0 Å². The summed E-state index contributed by atoms with van der Waals surface area (Å²) in [5.41, 5.74) is 0.759. The fraction of sp³-hybridized carbons (Fsp3) is 0.118. The van der Waals surface area contributed by atoms with Crippen LogP contribution < -0.4 is 10.1 Å². The molecule has 1 aromatic heterocycles. The number of carbonyl (C=O) groups excluding carboxylic acids is 1. The van der Waals surface area contributed by atoms with Gasteiger partial charge in [-0.1, -0.05) is 23.7 Å². The van der Waals surface area contributed by atoms with Gasteiger partial charge in [-0.05, 0) is 35.4 Å². The maximum absolute atomic E-state index is 12.7. The summed E-state index contributed by atoms with van der Waals surface area (Å²) in [5, 5.41) is 3.09. The smallest absolute Gasteiger partial charge is 0.416 e. The van der Waals surface area contributed by atoms with Crippen molar-refractivity contribution in [1.82, 2.24) is 5.32 Å². The Bertz CT molecular complexity index is 933. The number of furan rings is 1. The van der Waals surface area contributed by atoms with Crippen molar-refractivity contribution in [2.45, 2.75) is 6.18 Å². The summed E-state index contributed by atoms with van der Waals surface area (Å²) in [5.74, 6) is -0.0409. The highest BCUT2D eigenvalue weighted by atomic mass is 35.5. The van der Waals surface area contributed by atoms with Gasteiger partial charge in [-0.2, -0.15) is 13.2 Å². The zero-order valence-corrected chi connectivity index (χ0v) is 13.5. The summed E-state index contributed by atoms with van der Waals surface area (Å²) < 4.78 is 48.2. The highest BCUT2D eigenvalue weighted by Crippen LogP contribution is 2.36. The molecule has 1 heterocycles. The SMILES string of the molecule is CNC(=O)Oc1cc2cc(-c3ccc(C(F)(F)F)cc3)cc(Cl)c2o1. The van der Waals surface area contributed by atoms with Crippen molar-refractivity contribution in [2.24, 2.45) is 0 Å². The summed E-state index contributed by atoms with van der Waals surface area (Å²) >= 11 is 6.17. The molecule has 0 saturated carbocycles. The first kappa shape index (κ1) is 17.2. The maximum Gasteiger partial charge on any atom is 0.416 e. The molecule has 0 atom stereocenters. The number of hydrogen-bond acceptors (Lipinski definition) is 3. The van der Waals surface area contributed by atoms with Crippen LogP contribution in [0.15, 0.2) is 46.9 Å². The van der Waals surface area contributed by atoms with Crippen molar-refractivity contribution in [2.75, 3.05) is 7.05 Å². The third-order valence-electron chi connectivity index (χ3n) is 3.49. The second-order valence-electron chi connectivity index (χ2n) is 5.16. The summed E-state index contributed by atoms with van der Waals surface area (Å²) in [6.45, 7) is 0. The molecule has 0 spiro atoms. The minimum absolute atomic E-state index is 0.0409. The molecule has 0 aliphatic carbocycles. The number of amides is 1. The molecule has 0 fully saturated rings. The topological polar surface area (TPSA) is 51.5 Å². The quantitative estimate of drug-likeness (QED) is 0.649. The lowest BCUT2D eigenvalue weighted by atomic mass is 10.0. The van der Waals surface area contributed by atoms with Crippen LogP contribution in [0, 0.1) is 0 Å². The van der Waals surface area contributed by atoms with E-state index in [1.165, 1.54) is 25.2 Å². The van der Waals surface area contributed by atoms with Gasteiger partial charge in [-0.15, -0.1) is 0 Å². The molecule has 25 heavy (non-hydrogen) atoms. The van der Waals surface area contributed by atoms with Crippen molar-refractivity contribution in [1.29, 1.82) is 0 Å². The van der Waals surface area contributed by atoms with Gasteiger partial charge < -0.3 is 14.5 Å². The van der Waals surface area contributed by atoms with Gasteiger partial charge in [0, 0.05) is 18.5 Å². The Morgan fingerprint density at radius 3 is 2.40 bits per heavy atom. The molecular formula is C17H11ClF3NO3. The Labute approximate surface area is 145 Å². The van der Waals surface area contributed by atoms with E-state index in [0.717, 1.165) is 12.1 Å². The van der Waals surface area contributed by atoms with E-state index in [9.17, 15) is 18.0 Å². The van der Waals surface area contributed by atoms with E-state index in [1.54, 1.807) is 12.1 Å². The molecule has 0 saturated heterocycles. The lowest BCUT2D eigenvalue weighted by molar-refractivity contribution is -0.137. The molecule has 0 bridgehead atoms. The standard InChI is InChI=1S/C17H11ClF3NO3/c1-22-16(23)25-14-8-11-6-10(7-13(18)15(11)24-14)9-2-4-12(5-3-9)17(19,20)21/h2-8H,1H3,(H,22,23). The van der Waals surface area contributed by atoms with Crippen LogP contribution in [0.25, 0.3) is 22.1 Å². The molecule has 130 valence electrons. The average molecular weight is 370 g/mol. The number of hydrogen-bond donors (Lipinski definition) is 1. The summed E-state index contributed by atoms with van der Waals surface area (Å²) in [7, 11) is 1.40. The van der Waals surface area contributed by atoms with Gasteiger partial charge in [0.1, 0.15) is 0 Å². The van der Waals surface area contributed by atoms with Crippen molar-refractivity contribution in [3.63, 3.8) is 0 Å². The van der Waals surface area contributed by atoms with E-state index in [4.69, 9.17) is 20.8 Å². The zero-order chi connectivity index (χ0) is 18.2. The molecule has 0 aliphatic heterocycles. The summed E-state index contributed by atoms with van der Waals surface area (Å²) in [6, 6.07) is 9.46. The van der Waals surface area contributed by atoms with E-state index >= 15 is 0 Å².